The van der Waals surface area contributed by atoms with Gasteiger partial charge in [-0.2, -0.15) is 0 Å². The highest BCUT2D eigenvalue weighted by atomic mass is 16.5. The first-order valence-electron chi connectivity index (χ1n) is 6.81. The van der Waals surface area contributed by atoms with Crippen molar-refractivity contribution < 1.29 is 4.74 Å². The Morgan fingerprint density at radius 3 is 2.35 bits per heavy atom. The van der Waals surface area contributed by atoms with Crippen LogP contribution < -0.4 is 5.73 Å². The maximum atomic E-state index is 6.25. The maximum Gasteiger partial charge on any atom is 0.0768 e. The zero-order valence-electron chi connectivity index (χ0n) is 10.3. The molecule has 2 N–H and O–H groups in total. The molecule has 0 spiro atoms. The Labute approximate surface area is 103 Å². The molecule has 2 nitrogen and oxygen atoms in total. The Bertz CT molecular complexity index is 363. The summed E-state index contributed by atoms with van der Waals surface area (Å²) in [6, 6.07) is 8.95. The normalized spacial score (nSPS) is 26.8. The molecule has 1 saturated carbocycles. The highest BCUT2D eigenvalue weighted by Gasteiger charge is 2.24. The molecule has 3 rings (SSSR count). The zero-order valence-corrected chi connectivity index (χ0v) is 10.3. The summed E-state index contributed by atoms with van der Waals surface area (Å²) in [7, 11) is 0. The highest BCUT2D eigenvalue weighted by Crippen LogP contribution is 2.36. The average Bonchev–Trinajstić information content (AvgIpc) is 2.80. The molecule has 0 bridgehead atoms. The van der Waals surface area contributed by atoms with Crippen LogP contribution in [0.3, 0.4) is 0 Å². The molecule has 1 saturated heterocycles. The van der Waals surface area contributed by atoms with E-state index >= 15 is 0 Å². The third kappa shape index (κ3) is 2.24. The summed E-state index contributed by atoms with van der Waals surface area (Å²) in [6.07, 6.45) is 6.59. The van der Waals surface area contributed by atoms with Gasteiger partial charge in [0.05, 0.1) is 12.1 Å². The van der Waals surface area contributed by atoms with Gasteiger partial charge < -0.3 is 10.5 Å². The number of hydrogen-bond acceptors (Lipinski definition) is 2. The molecule has 0 aromatic heterocycles. The molecule has 1 heterocycles. The summed E-state index contributed by atoms with van der Waals surface area (Å²) < 4.78 is 5.65. The third-order valence-electron chi connectivity index (χ3n) is 4.26. The number of ether oxygens (including phenoxy) is 1. The minimum absolute atomic E-state index is 0.0490. The first-order valence-corrected chi connectivity index (χ1v) is 6.81. The second-order valence-electron chi connectivity index (χ2n) is 5.37. The molecule has 1 aromatic carbocycles. The van der Waals surface area contributed by atoms with Crippen molar-refractivity contribution in [1.82, 2.24) is 0 Å². The van der Waals surface area contributed by atoms with E-state index in [0.29, 0.717) is 0 Å². The van der Waals surface area contributed by atoms with Gasteiger partial charge >= 0.3 is 0 Å². The lowest BCUT2D eigenvalue weighted by molar-refractivity contribution is 0.0900. The van der Waals surface area contributed by atoms with E-state index in [4.69, 9.17) is 10.5 Å². The van der Waals surface area contributed by atoms with Gasteiger partial charge in [-0.3, -0.25) is 0 Å². The molecule has 1 aromatic rings. The van der Waals surface area contributed by atoms with Crippen LogP contribution in [0.15, 0.2) is 24.3 Å². The van der Waals surface area contributed by atoms with Gasteiger partial charge in [0, 0.05) is 6.61 Å². The smallest absolute Gasteiger partial charge is 0.0768 e. The lowest BCUT2D eigenvalue weighted by atomic mass is 9.79. The summed E-state index contributed by atoms with van der Waals surface area (Å²) in [5.41, 5.74) is 8.96. The first-order chi connectivity index (χ1) is 8.34. The Hall–Kier alpha value is -0.860. The van der Waals surface area contributed by atoms with Crippen molar-refractivity contribution in [3.63, 3.8) is 0 Å². The molecule has 17 heavy (non-hydrogen) atoms. The topological polar surface area (TPSA) is 35.2 Å². The number of hydrogen-bond donors (Lipinski definition) is 1. The molecule has 2 heteroatoms. The molecular weight excluding hydrogens is 210 g/mol. The predicted octanol–water partition coefficient (Wildman–Crippen LogP) is 3.13. The fraction of sp³-hybridized carbons (Fsp3) is 0.600. The van der Waals surface area contributed by atoms with E-state index in [-0.39, 0.29) is 12.1 Å². The van der Waals surface area contributed by atoms with Gasteiger partial charge in [-0.05, 0) is 42.7 Å². The van der Waals surface area contributed by atoms with E-state index < -0.39 is 0 Å². The Morgan fingerprint density at radius 1 is 1.06 bits per heavy atom. The van der Waals surface area contributed by atoms with Crippen LogP contribution in [-0.2, 0) is 4.74 Å². The van der Waals surface area contributed by atoms with E-state index in [1.165, 1.54) is 30.4 Å². The van der Waals surface area contributed by atoms with Crippen molar-refractivity contribution in [1.29, 1.82) is 0 Å². The Morgan fingerprint density at radius 2 is 1.82 bits per heavy atom. The number of rotatable bonds is 3. The lowest BCUT2D eigenvalue weighted by Gasteiger charge is -2.26. The molecular formula is C15H21NO. The van der Waals surface area contributed by atoms with Crippen molar-refractivity contribution in [2.45, 2.75) is 50.2 Å². The second-order valence-corrected chi connectivity index (χ2v) is 5.37. The third-order valence-corrected chi connectivity index (χ3v) is 4.26. The van der Waals surface area contributed by atoms with Crippen molar-refractivity contribution in [3.8, 4) is 0 Å². The summed E-state index contributed by atoms with van der Waals surface area (Å²) in [5.74, 6) is 0.808. The Kier molecular flexibility index (Phi) is 3.17. The maximum absolute atomic E-state index is 6.25. The van der Waals surface area contributed by atoms with Crippen LogP contribution in [0.1, 0.15) is 55.2 Å². The van der Waals surface area contributed by atoms with E-state index in [2.05, 4.69) is 24.3 Å². The number of nitrogens with two attached hydrogens (primary N) is 1. The lowest BCUT2D eigenvalue weighted by Crippen LogP contribution is -2.25. The van der Waals surface area contributed by atoms with E-state index in [1.54, 1.807) is 0 Å². The van der Waals surface area contributed by atoms with Gasteiger partial charge in [-0.25, -0.2) is 0 Å². The minimum atomic E-state index is 0.0490. The summed E-state index contributed by atoms with van der Waals surface area (Å²) in [5, 5.41) is 0. The summed E-state index contributed by atoms with van der Waals surface area (Å²) >= 11 is 0. The van der Waals surface area contributed by atoms with E-state index in [9.17, 15) is 0 Å². The van der Waals surface area contributed by atoms with Gasteiger partial charge in [0.1, 0.15) is 0 Å². The first kappa shape index (κ1) is 11.2. The van der Waals surface area contributed by atoms with Crippen LogP contribution in [0.4, 0.5) is 0 Å². The zero-order chi connectivity index (χ0) is 11.7. The van der Waals surface area contributed by atoms with E-state index in [0.717, 1.165) is 25.4 Å². The minimum Gasteiger partial charge on any atom is -0.376 e. The predicted molar refractivity (Wildman–Crippen MR) is 68.9 cm³/mol. The standard InChI is InChI=1S/C15H21NO/c16-15(14-5-2-10-17-14)13-8-6-12(7-9-13)11-3-1-4-11/h6-9,11,14-15H,1-5,10,16H2. The van der Waals surface area contributed by atoms with Crippen molar-refractivity contribution in [2.24, 2.45) is 5.73 Å². The molecule has 1 aliphatic carbocycles. The van der Waals surface area contributed by atoms with Crippen molar-refractivity contribution >= 4 is 0 Å². The monoisotopic (exact) mass is 231 g/mol. The Balaban J connectivity index is 1.69. The largest absolute Gasteiger partial charge is 0.376 e. The number of benzene rings is 1. The highest BCUT2D eigenvalue weighted by molar-refractivity contribution is 5.29. The van der Waals surface area contributed by atoms with Crippen LogP contribution in [0, 0.1) is 0 Å². The van der Waals surface area contributed by atoms with Gasteiger partial charge in [0.15, 0.2) is 0 Å². The SMILES string of the molecule is NC(c1ccc(C2CCC2)cc1)C1CCCO1. The second kappa shape index (κ2) is 4.79. The molecule has 2 atom stereocenters. The van der Waals surface area contributed by atoms with Crippen LogP contribution >= 0.6 is 0 Å². The van der Waals surface area contributed by atoms with Gasteiger partial charge in [-0.1, -0.05) is 30.7 Å². The molecule has 0 amide bonds. The summed E-state index contributed by atoms with van der Waals surface area (Å²) in [6.45, 7) is 0.874. The average molecular weight is 231 g/mol. The molecule has 2 fully saturated rings. The van der Waals surface area contributed by atoms with Gasteiger partial charge in [0.25, 0.3) is 0 Å². The van der Waals surface area contributed by atoms with Crippen LogP contribution in [0.5, 0.6) is 0 Å². The summed E-state index contributed by atoms with van der Waals surface area (Å²) in [4.78, 5) is 0. The van der Waals surface area contributed by atoms with Gasteiger partial charge in [-0.15, -0.1) is 0 Å². The fourth-order valence-corrected chi connectivity index (χ4v) is 2.83. The van der Waals surface area contributed by atoms with Crippen molar-refractivity contribution in [3.05, 3.63) is 35.4 Å². The van der Waals surface area contributed by atoms with E-state index in [1.807, 2.05) is 0 Å². The molecule has 0 radical (unpaired) electrons. The quantitative estimate of drug-likeness (QED) is 0.867. The fourth-order valence-electron chi connectivity index (χ4n) is 2.83. The molecule has 2 unspecified atom stereocenters. The van der Waals surface area contributed by atoms with Gasteiger partial charge in [0.2, 0.25) is 0 Å². The van der Waals surface area contributed by atoms with Crippen molar-refractivity contribution in [2.75, 3.05) is 6.61 Å². The van der Waals surface area contributed by atoms with Crippen LogP contribution in [-0.4, -0.2) is 12.7 Å². The van der Waals surface area contributed by atoms with Crippen LogP contribution in [0.2, 0.25) is 0 Å². The van der Waals surface area contributed by atoms with Crippen LogP contribution in [0.25, 0.3) is 0 Å². The molecule has 2 aliphatic rings. The molecule has 1 aliphatic heterocycles. The molecule has 92 valence electrons.